The second-order valence-electron chi connectivity index (χ2n) is 9.36. The summed E-state index contributed by atoms with van der Waals surface area (Å²) in [5.41, 5.74) is 1.40. The molecular weight excluding hydrogens is 358 g/mol. The molecule has 0 bridgehead atoms. The highest BCUT2D eigenvalue weighted by atomic mass is 28.4. The molecule has 7 heteroatoms. The van der Waals surface area contributed by atoms with Crippen molar-refractivity contribution in [3.8, 4) is 11.4 Å². The molecule has 0 saturated heterocycles. The summed E-state index contributed by atoms with van der Waals surface area (Å²) < 4.78 is 7.93. The van der Waals surface area contributed by atoms with E-state index in [1.54, 1.807) is 10.7 Å². The summed E-state index contributed by atoms with van der Waals surface area (Å²) in [5.74, 6) is 1.24. The van der Waals surface area contributed by atoms with E-state index >= 15 is 0 Å². The molecule has 0 spiro atoms. The van der Waals surface area contributed by atoms with Crippen molar-refractivity contribution in [1.82, 2.24) is 9.78 Å². The van der Waals surface area contributed by atoms with E-state index < -0.39 is 14.4 Å². The monoisotopic (exact) mass is 389 g/mol. The fourth-order valence-electron chi connectivity index (χ4n) is 2.25. The number of carbonyl (C=O) groups is 1. The van der Waals surface area contributed by atoms with Gasteiger partial charge in [-0.1, -0.05) is 41.5 Å². The van der Waals surface area contributed by atoms with Gasteiger partial charge in [-0.15, -0.1) is 0 Å². The fourth-order valence-corrected chi connectivity index (χ4v) is 3.28. The van der Waals surface area contributed by atoms with Crippen LogP contribution in [0.1, 0.15) is 47.2 Å². The number of amides is 1. The van der Waals surface area contributed by atoms with Crippen LogP contribution in [0.15, 0.2) is 30.3 Å². The highest BCUT2D eigenvalue weighted by molar-refractivity contribution is 6.74. The Labute approximate surface area is 162 Å². The predicted octanol–water partition coefficient (Wildman–Crippen LogP) is 5.64. The Morgan fingerprint density at radius 2 is 1.67 bits per heavy atom. The summed E-state index contributed by atoms with van der Waals surface area (Å²) in [6.07, 6.45) is -1.12. The van der Waals surface area contributed by atoms with Crippen LogP contribution in [-0.4, -0.2) is 29.3 Å². The number of benzene rings is 1. The molecule has 1 heterocycles. The highest BCUT2D eigenvalue weighted by Gasteiger charge is 2.38. The first-order chi connectivity index (χ1) is 12.2. The van der Waals surface area contributed by atoms with Crippen molar-refractivity contribution in [3.05, 3.63) is 36.0 Å². The van der Waals surface area contributed by atoms with Crippen molar-refractivity contribution in [2.75, 3.05) is 5.32 Å². The molecule has 2 rings (SSSR count). The van der Waals surface area contributed by atoms with Crippen LogP contribution in [0, 0.1) is 0 Å². The minimum absolute atomic E-state index is 0.119. The van der Waals surface area contributed by atoms with Gasteiger partial charge in [0.2, 0.25) is 8.32 Å². The second kappa shape index (κ2) is 7.03. The molecule has 1 amide bonds. The number of hydrogen-bond acceptors (Lipinski definition) is 3. The topological polar surface area (TPSA) is 76.4 Å². The van der Waals surface area contributed by atoms with Gasteiger partial charge in [0, 0.05) is 11.5 Å². The number of rotatable bonds is 4. The Bertz CT molecular complexity index is 812. The number of hydrogen-bond donors (Lipinski definition) is 2. The molecule has 2 N–H and O–H groups in total. The van der Waals surface area contributed by atoms with Crippen molar-refractivity contribution < 1.29 is 14.3 Å². The molecule has 0 radical (unpaired) electrons. The molecule has 0 atom stereocenters. The van der Waals surface area contributed by atoms with E-state index in [4.69, 9.17) is 9.53 Å². The third kappa shape index (κ3) is 4.91. The molecule has 148 valence electrons. The van der Waals surface area contributed by atoms with E-state index in [0.29, 0.717) is 5.82 Å². The summed E-state index contributed by atoms with van der Waals surface area (Å²) >= 11 is 0. The summed E-state index contributed by atoms with van der Waals surface area (Å²) in [5, 5.41) is 16.3. The first-order valence-corrected chi connectivity index (χ1v) is 12.0. The summed E-state index contributed by atoms with van der Waals surface area (Å²) in [6, 6.07) is 9.40. The molecule has 1 aromatic heterocycles. The van der Waals surface area contributed by atoms with Gasteiger partial charge in [-0.3, -0.25) is 5.32 Å². The molecule has 0 aliphatic carbocycles. The zero-order chi connectivity index (χ0) is 20.6. The minimum Gasteiger partial charge on any atom is -0.544 e. The van der Waals surface area contributed by atoms with Crippen LogP contribution < -0.4 is 9.74 Å². The van der Waals surface area contributed by atoms with Crippen LogP contribution in [0.25, 0.3) is 5.69 Å². The van der Waals surface area contributed by atoms with Crippen LogP contribution in [0.3, 0.4) is 0 Å². The lowest BCUT2D eigenvalue weighted by molar-refractivity contribution is 0.209. The Hall–Kier alpha value is -2.28. The lowest BCUT2D eigenvalue weighted by atomic mass is 9.92. The Kier molecular flexibility index (Phi) is 5.48. The summed E-state index contributed by atoms with van der Waals surface area (Å²) in [7, 11) is -1.91. The van der Waals surface area contributed by atoms with Crippen LogP contribution in [0.4, 0.5) is 10.6 Å². The zero-order valence-corrected chi connectivity index (χ0v) is 18.5. The summed E-state index contributed by atoms with van der Waals surface area (Å²) in [4.78, 5) is 11.1. The van der Waals surface area contributed by atoms with Gasteiger partial charge < -0.3 is 9.53 Å². The predicted molar refractivity (Wildman–Crippen MR) is 112 cm³/mol. The van der Waals surface area contributed by atoms with Gasteiger partial charge in [-0.2, -0.15) is 5.10 Å². The van der Waals surface area contributed by atoms with Crippen molar-refractivity contribution in [1.29, 1.82) is 0 Å². The van der Waals surface area contributed by atoms with Gasteiger partial charge in [0.25, 0.3) is 0 Å². The average molecular weight is 390 g/mol. The third-order valence-electron chi connectivity index (χ3n) is 4.97. The maximum Gasteiger partial charge on any atom is 0.410 e. The molecular formula is C20H31N3O3Si. The van der Waals surface area contributed by atoms with Crippen molar-refractivity contribution in [2.45, 2.75) is 65.1 Å². The van der Waals surface area contributed by atoms with Gasteiger partial charge in [0.1, 0.15) is 11.6 Å². The smallest absolute Gasteiger partial charge is 0.410 e. The molecule has 0 fully saturated rings. The number of nitrogens with zero attached hydrogens (tertiary/aromatic N) is 2. The van der Waals surface area contributed by atoms with Crippen LogP contribution in [0.5, 0.6) is 5.75 Å². The molecule has 0 aliphatic rings. The molecule has 0 saturated carbocycles. The van der Waals surface area contributed by atoms with Crippen molar-refractivity contribution in [2.24, 2.45) is 0 Å². The Balaban J connectivity index is 2.36. The largest absolute Gasteiger partial charge is 0.544 e. The first-order valence-electron chi connectivity index (χ1n) is 9.11. The molecule has 6 nitrogen and oxygen atoms in total. The quantitative estimate of drug-likeness (QED) is 0.663. The van der Waals surface area contributed by atoms with Gasteiger partial charge >= 0.3 is 6.09 Å². The SMILES string of the molecule is CC(C)(C)c1cc(NC(=O)O)n(-c2ccc(O[Si](C)(C)C(C)(C)C)cc2)n1. The van der Waals surface area contributed by atoms with E-state index in [-0.39, 0.29) is 10.5 Å². The van der Waals surface area contributed by atoms with Gasteiger partial charge in [-0.05, 0) is 42.4 Å². The number of nitrogens with one attached hydrogen (secondary N) is 1. The van der Waals surface area contributed by atoms with Crippen LogP contribution in [-0.2, 0) is 5.41 Å². The van der Waals surface area contributed by atoms with E-state index in [1.807, 2.05) is 45.0 Å². The van der Waals surface area contributed by atoms with E-state index in [1.165, 1.54) is 0 Å². The van der Waals surface area contributed by atoms with E-state index in [0.717, 1.165) is 17.1 Å². The fraction of sp³-hybridized carbons (Fsp3) is 0.500. The molecule has 0 aliphatic heterocycles. The van der Waals surface area contributed by atoms with Crippen LogP contribution >= 0.6 is 0 Å². The lowest BCUT2D eigenvalue weighted by Crippen LogP contribution is -2.43. The number of anilines is 1. The highest BCUT2D eigenvalue weighted by Crippen LogP contribution is 2.37. The van der Waals surface area contributed by atoms with Crippen molar-refractivity contribution in [3.63, 3.8) is 0 Å². The van der Waals surface area contributed by atoms with Crippen molar-refractivity contribution >= 4 is 20.2 Å². The van der Waals surface area contributed by atoms with Gasteiger partial charge in [0.05, 0.1) is 11.4 Å². The summed E-state index contributed by atoms with van der Waals surface area (Å²) in [6.45, 7) is 17.2. The molecule has 0 unspecified atom stereocenters. The first kappa shape index (κ1) is 21.0. The normalized spacial score (nSPS) is 12.7. The molecule has 2 aromatic rings. The standard InChI is InChI=1S/C20H31N3O3Si/c1-19(2,3)16-13-17(21-18(24)25)23(22-16)14-9-11-15(12-10-14)26-27(7,8)20(4,5)6/h9-13,21H,1-8H3,(H,24,25). The minimum atomic E-state index is -1.91. The molecule has 27 heavy (non-hydrogen) atoms. The number of aromatic nitrogens is 2. The maximum atomic E-state index is 11.1. The lowest BCUT2D eigenvalue weighted by Gasteiger charge is -2.36. The zero-order valence-electron chi connectivity index (χ0n) is 17.5. The third-order valence-corrected chi connectivity index (χ3v) is 9.33. The Morgan fingerprint density at radius 1 is 1.11 bits per heavy atom. The second-order valence-corrected chi connectivity index (χ2v) is 14.1. The average Bonchev–Trinajstić information content (AvgIpc) is 2.89. The van der Waals surface area contributed by atoms with Gasteiger partial charge in [-0.25, -0.2) is 9.48 Å². The number of carboxylic acid groups (broad SMARTS) is 1. The van der Waals surface area contributed by atoms with Crippen LogP contribution in [0.2, 0.25) is 18.1 Å². The van der Waals surface area contributed by atoms with E-state index in [9.17, 15) is 4.79 Å². The van der Waals surface area contributed by atoms with Gasteiger partial charge in [0.15, 0.2) is 0 Å². The maximum absolute atomic E-state index is 11.1. The molecule has 1 aromatic carbocycles. The van der Waals surface area contributed by atoms with E-state index in [2.05, 4.69) is 44.3 Å². The Morgan fingerprint density at radius 3 is 2.11 bits per heavy atom.